The average Bonchev–Trinajstić information content (AvgIpc) is 2.64. The smallest absolute Gasteiger partial charge is 0.341 e. The lowest BCUT2D eigenvalue weighted by molar-refractivity contribution is -0.144. The number of likely N-dealkylation sites (tertiary alicyclic amines) is 1. The van der Waals surface area contributed by atoms with Gasteiger partial charge in [0.05, 0.1) is 0 Å². The van der Waals surface area contributed by atoms with Crippen molar-refractivity contribution in [2.75, 3.05) is 13.2 Å². The molecular formula is C9H16N2O4. The molecule has 0 aromatic heterocycles. The number of hydrogen-bond donors (Lipinski definition) is 2. The third-order valence-electron chi connectivity index (χ3n) is 2.46. The Labute approximate surface area is 88.1 Å². The van der Waals surface area contributed by atoms with Gasteiger partial charge >= 0.3 is 12.0 Å². The summed E-state index contributed by atoms with van der Waals surface area (Å²) in [6.45, 7) is 2.21. The fraction of sp³-hybridized carbons (Fsp3) is 0.778. The molecule has 0 radical (unpaired) electrons. The number of hydrogen-bond acceptors (Lipinski definition) is 3. The number of carboxylic acid groups (broad SMARTS) is 1. The number of carboxylic acids is 1. The van der Waals surface area contributed by atoms with E-state index in [0.717, 1.165) is 19.3 Å². The minimum atomic E-state index is -1.11. The normalized spacial score (nSPS) is 20.3. The number of aliphatic carboxylic acids is 1. The van der Waals surface area contributed by atoms with Crippen molar-refractivity contribution in [1.82, 2.24) is 10.4 Å². The first-order chi connectivity index (χ1) is 7.15. The first kappa shape index (κ1) is 11.8. The maximum atomic E-state index is 11.5. The van der Waals surface area contributed by atoms with Gasteiger partial charge in [-0.1, -0.05) is 6.92 Å². The standard InChI is InChI=1S/C9H16N2O4/c1-2-7-4-3-5-11(7)9(14)10-15-6-8(12)13/h7H,2-6H2,1H3,(H,10,14)(H,12,13). The first-order valence-corrected chi connectivity index (χ1v) is 5.05. The second kappa shape index (κ2) is 5.55. The molecule has 1 atom stereocenters. The van der Waals surface area contributed by atoms with Gasteiger partial charge in [0.2, 0.25) is 0 Å². The predicted molar refractivity (Wildman–Crippen MR) is 52.1 cm³/mol. The van der Waals surface area contributed by atoms with E-state index in [-0.39, 0.29) is 12.1 Å². The summed E-state index contributed by atoms with van der Waals surface area (Å²) in [6.07, 6.45) is 2.90. The van der Waals surface area contributed by atoms with E-state index in [1.165, 1.54) is 0 Å². The van der Waals surface area contributed by atoms with Gasteiger partial charge in [0.1, 0.15) is 0 Å². The van der Waals surface area contributed by atoms with Crippen molar-refractivity contribution < 1.29 is 19.5 Å². The van der Waals surface area contributed by atoms with Crippen LogP contribution in [0.1, 0.15) is 26.2 Å². The molecule has 0 aromatic carbocycles. The number of urea groups is 1. The Balaban J connectivity index is 2.29. The fourth-order valence-corrected chi connectivity index (χ4v) is 1.75. The van der Waals surface area contributed by atoms with Crippen LogP contribution in [0.25, 0.3) is 0 Å². The van der Waals surface area contributed by atoms with E-state index in [4.69, 9.17) is 5.11 Å². The maximum absolute atomic E-state index is 11.5. The third-order valence-corrected chi connectivity index (χ3v) is 2.46. The number of carbonyl (C=O) groups excluding carboxylic acids is 1. The molecule has 1 rings (SSSR count). The summed E-state index contributed by atoms with van der Waals surface area (Å²) in [6, 6.07) is -0.0981. The van der Waals surface area contributed by atoms with Gasteiger partial charge in [-0.3, -0.25) is 4.84 Å². The van der Waals surface area contributed by atoms with E-state index >= 15 is 0 Å². The highest BCUT2D eigenvalue weighted by molar-refractivity contribution is 5.74. The molecule has 0 aromatic rings. The zero-order valence-corrected chi connectivity index (χ0v) is 8.73. The highest BCUT2D eigenvalue weighted by Gasteiger charge is 2.27. The summed E-state index contributed by atoms with van der Waals surface area (Å²) in [5.74, 6) is -1.11. The Hall–Kier alpha value is -1.30. The summed E-state index contributed by atoms with van der Waals surface area (Å²) in [5.41, 5.74) is 2.13. The summed E-state index contributed by atoms with van der Waals surface area (Å²) in [7, 11) is 0. The predicted octanol–water partition coefficient (Wildman–Crippen LogP) is 0.587. The van der Waals surface area contributed by atoms with Crippen LogP contribution in [0.15, 0.2) is 0 Å². The zero-order valence-electron chi connectivity index (χ0n) is 8.73. The van der Waals surface area contributed by atoms with Crippen molar-refractivity contribution >= 4 is 12.0 Å². The van der Waals surface area contributed by atoms with Gasteiger partial charge in [-0.2, -0.15) is 0 Å². The van der Waals surface area contributed by atoms with Crippen molar-refractivity contribution in [3.05, 3.63) is 0 Å². The summed E-state index contributed by atoms with van der Waals surface area (Å²) < 4.78 is 0. The molecule has 6 nitrogen and oxygen atoms in total. The lowest BCUT2D eigenvalue weighted by atomic mass is 10.2. The molecule has 1 unspecified atom stereocenters. The second-order valence-corrected chi connectivity index (χ2v) is 3.49. The molecule has 1 aliphatic rings. The van der Waals surface area contributed by atoms with Gasteiger partial charge in [0.25, 0.3) is 0 Å². The minimum absolute atomic E-state index is 0.249. The molecule has 0 bridgehead atoms. The number of hydroxylamine groups is 1. The van der Waals surface area contributed by atoms with E-state index in [9.17, 15) is 9.59 Å². The van der Waals surface area contributed by atoms with Crippen LogP contribution >= 0.6 is 0 Å². The summed E-state index contributed by atoms with van der Waals surface area (Å²) in [5, 5.41) is 8.30. The number of nitrogens with one attached hydrogen (secondary N) is 1. The van der Waals surface area contributed by atoms with Gasteiger partial charge in [0.15, 0.2) is 6.61 Å². The molecule has 1 heterocycles. The van der Waals surface area contributed by atoms with Crippen LogP contribution in [0.4, 0.5) is 4.79 Å². The molecule has 1 saturated heterocycles. The topological polar surface area (TPSA) is 78.9 Å². The van der Waals surface area contributed by atoms with E-state index in [1.54, 1.807) is 4.90 Å². The van der Waals surface area contributed by atoms with Crippen LogP contribution in [-0.2, 0) is 9.63 Å². The Morgan fingerprint density at radius 3 is 2.93 bits per heavy atom. The van der Waals surface area contributed by atoms with Gasteiger partial charge < -0.3 is 10.0 Å². The number of carbonyl (C=O) groups is 2. The monoisotopic (exact) mass is 216 g/mol. The quantitative estimate of drug-likeness (QED) is 0.674. The molecule has 1 fully saturated rings. The van der Waals surface area contributed by atoms with E-state index in [2.05, 4.69) is 10.3 Å². The van der Waals surface area contributed by atoms with Crippen molar-refractivity contribution in [2.24, 2.45) is 0 Å². The van der Waals surface area contributed by atoms with Gasteiger partial charge in [0, 0.05) is 12.6 Å². The number of amides is 2. The van der Waals surface area contributed by atoms with Crippen LogP contribution in [0.3, 0.4) is 0 Å². The molecule has 6 heteroatoms. The average molecular weight is 216 g/mol. The van der Waals surface area contributed by atoms with Gasteiger partial charge in [-0.25, -0.2) is 15.1 Å². The molecule has 0 spiro atoms. The van der Waals surface area contributed by atoms with Crippen molar-refractivity contribution in [3.8, 4) is 0 Å². The molecule has 15 heavy (non-hydrogen) atoms. The fourth-order valence-electron chi connectivity index (χ4n) is 1.75. The number of rotatable bonds is 4. The van der Waals surface area contributed by atoms with E-state index < -0.39 is 12.6 Å². The molecule has 0 aliphatic carbocycles. The van der Waals surface area contributed by atoms with Crippen molar-refractivity contribution in [1.29, 1.82) is 0 Å². The number of nitrogens with zero attached hydrogens (tertiary/aromatic N) is 1. The Morgan fingerprint density at radius 1 is 1.60 bits per heavy atom. The van der Waals surface area contributed by atoms with Crippen LogP contribution in [0.2, 0.25) is 0 Å². The molecule has 86 valence electrons. The minimum Gasteiger partial charge on any atom is -0.479 e. The van der Waals surface area contributed by atoms with Gasteiger partial charge in [-0.05, 0) is 19.3 Å². The summed E-state index contributed by atoms with van der Waals surface area (Å²) >= 11 is 0. The lowest BCUT2D eigenvalue weighted by Crippen LogP contribution is -2.43. The van der Waals surface area contributed by atoms with Crippen LogP contribution < -0.4 is 5.48 Å². The Morgan fingerprint density at radius 2 is 2.33 bits per heavy atom. The van der Waals surface area contributed by atoms with Crippen LogP contribution in [0.5, 0.6) is 0 Å². The van der Waals surface area contributed by atoms with Crippen LogP contribution in [-0.4, -0.2) is 41.2 Å². The van der Waals surface area contributed by atoms with E-state index in [0.29, 0.717) is 6.54 Å². The Bertz CT molecular complexity index is 244. The molecule has 0 saturated carbocycles. The molecular weight excluding hydrogens is 200 g/mol. The lowest BCUT2D eigenvalue weighted by Gasteiger charge is -2.23. The maximum Gasteiger partial charge on any atom is 0.341 e. The van der Waals surface area contributed by atoms with Crippen molar-refractivity contribution in [2.45, 2.75) is 32.2 Å². The van der Waals surface area contributed by atoms with Crippen molar-refractivity contribution in [3.63, 3.8) is 0 Å². The highest BCUT2D eigenvalue weighted by Crippen LogP contribution is 2.19. The molecule has 2 amide bonds. The SMILES string of the molecule is CCC1CCCN1C(=O)NOCC(=O)O. The molecule has 1 aliphatic heterocycles. The largest absolute Gasteiger partial charge is 0.479 e. The van der Waals surface area contributed by atoms with Crippen LogP contribution in [0, 0.1) is 0 Å². The molecule has 2 N–H and O–H groups in total. The summed E-state index contributed by atoms with van der Waals surface area (Å²) in [4.78, 5) is 27.8. The second-order valence-electron chi connectivity index (χ2n) is 3.49. The van der Waals surface area contributed by atoms with Gasteiger partial charge in [-0.15, -0.1) is 0 Å². The van der Waals surface area contributed by atoms with E-state index in [1.807, 2.05) is 6.92 Å². The first-order valence-electron chi connectivity index (χ1n) is 5.05. The Kier molecular flexibility index (Phi) is 4.36. The highest BCUT2D eigenvalue weighted by atomic mass is 16.7. The zero-order chi connectivity index (χ0) is 11.3. The third kappa shape index (κ3) is 3.39.